The first-order valence-electron chi connectivity index (χ1n) is 6.41. The van der Waals surface area contributed by atoms with Gasteiger partial charge in [-0.15, -0.1) is 0 Å². The van der Waals surface area contributed by atoms with Gasteiger partial charge in [0.15, 0.2) is 0 Å². The summed E-state index contributed by atoms with van der Waals surface area (Å²) in [6, 6.07) is 13.0. The van der Waals surface area contributed by atoms with Crippen LogP contribution < -0.4 is 5.32 Å². The third kappa shape index (κ3) is 3.23. The van der Waals surface area contributed by atoms with Crippen LogP contribution in [-0.2, 0) is 5.54 Å². The van der Waals surface area contributed by atoms with Gasteiger partial charge in [0.1, 0.15) is 5.82 Å². The minimum atomic E-state index is -1.02. The molecule has 110 valence electrons. The van der Waals surface area contributed by atoms with Gasteiger partial charge in [-0.25, -0.2) is 4.39 Å². The number of amides is 1. The average molecular weight is 308 g/mol. The summed E-state index contributed by atoms with van der Waals surface area (Å²) in [5, 5.41) is 12.3. The van der Waals surface area contributed by atoms with Crippen LogP contribution in [0.4, 0.5) is 4.39 Å². The van der Waals surface area contributed by atoms with Crippen LogP contribution in [0.2, 0.25) is 5.02 Å². The molecule has 0 saturated heterocycles. The average Bonchev–Trinajstić information content (AvgIpc) is 2.48. The van der Waals surface area contributed by atoms with E-state index in [1.165, 1.54) is 18.2 Å². The van der Waals surface area contributed by atoms with Crippen molar-refractivity contribution < 1.29 is 14.3 Å². The number of benzene rings is 2. The van der Waals surface area contributed by atoms with E-state index in [1.54, 1.807) is 31.2 Å². The van der Waals surface area contributed by atoms with Crippen LogP contribution in [0.15, 0.2) is 48.5 Å². The van der Waals surface area contributed by atoms with Crippen molar-refractivity contribution >= 4 is 17.5 Å². The Morgan fingerprint density at radius 3 is 2.48 bits per heavy atom. The van der Waals surface area contributed by atoms with Gasteiger partial charge in [0.05, 0.1) is 22.7 Å². The second-order valence-electron chi connectivity index (χ2n) is 4.91. The zero-order valence-electron chi connectivity index (χ0n) is 11.4. The first-order chi connectivity index (χ1) is 9.98. The van der Waals surface area contributed by atoms with Crippen LogP contribution in [0.1, 0.15) is 22.8 Å². The van der Waals surface area contributed by atoms with Gasteiger partial charge < -0.3 is 10.4 Å². The molecule has 1 amide bonds. The molecule has 1 unspecified atom stereocenters. The topological polar surface area (TPSA) is 49.3 Å². The Labute approximate surface area is 127 Å². The summed E-state index contributed by atoms with van der Waals surface area (Å²) in [4.78, 5) is 12.3. The number of hydrogen-bond donors (Lipinski definition) is 2. The lowest BCUT2D eigenvalue weighted by atomic mass is 9.92. The van der Waals surface area contributed by atoms with E-state index in [-0.39, 0.29) is 17.2 Å². The quantitative estimate of drug-likeness (QED) is 0.912. The van der Waals surface area contributed by atoms with Crippen molar-refractivity contribution in [3.8, 4) is 0 Å². The van der Waals surface area contributed by atoms with Gasteiger partial charge in [-0.1, -0.05) is 48.0 Å². The van der Waals surface area contributed by atoms with Crippen LogP contribution in [0.25, 0.3) is 0 Å². The molecule has 2 aromatic carbocycles. The molecule has 3 nitrogen and oxygen atoms in total. The van der Waals surface area contributed by atoms with Crippen LogP contribution in [0.3, 0.4) is 0 Å². The molecule has 0 fully saturated rings. The number of hydrogen-bond acceptors (Lipinski definition) is 2. The number of carbonyl (C=O) groups is 1. The minimum absolute atomic E-state index is 0.0286. The van der Waals surface area contributed by atoms with Crippen LogP contribution >= 0.6 is 11.6 Å². The summed E-state index contributed by atoms with van der Waals surface area (Å²) in [6.45, 7) is 1.34. The number of nitrogens with one attached hydrogen (secondary N) is 1. The number of aliphatic hydroxyl groups is 1. The van der Waals surface area contributed by atoms with Crippen LogP contribution in [0.5, 0.6) is 0 Å². The standard InChI is InChI=1S/C16H15ClFNO2/c1-16(10-20,11-6-3-2-4-7-11)19-15(21)14-12(17)8-5-9-13(14)18/h2-9,20H,10H2,1H3,(H,19,21). The molecular weight excluding hydrogens is 293 g/mol. The van der Waals surface area contributed by atoms with Crippen molar-refractivity contribution in [2.75, 3.05) is 6.61 Å². The van der Waals surface area contributed by atoms with E-state index >= 15 is 0 Å². The van der Waals surface area contributed by atoms with Gasteiger partial charge in [-0.2, -0.15) is 0 Å². The molecular formula is C16H15ClFNO2. The number of carbonyl (C=O) groups excluding carboxylic acids is 1. The number of aliphatic hydroxyl groups excluding tert-OH is 1. The summed E-state index contributed by atoms with van der Waals surface area (Å²) in [6.07, 6.45) is 0. The van der Waals surface area contributed by atoms with E-state index < -0.39 is 17.3 Å². The van der Waals surface area contributed by atoms with E-state index in [0.717, 1.165) is 0 Å². The van der Waals surface area contributed by atoms with E-state index in [0.29, 0.717) is 5.56 Å². The number of rotatable bonds is 4. The van der Waals surface area contributed by atoms with Gasteiger partial charge in [0, 0.05) is 0 Å². The largest absolute Gasteiger partial charge is 0.394 e. The zero-order chi connectivity index (χ0) is 15.5. The highest BCUT2D eigenvalue weighted by Crippen LogP contribution is 2.23. The molecule has 0 spiro atoms. The SMILES string of the molecule is CC(CO)(NC(=O)c1c(F)cccc1Cl)c1ccccc1. The second kappa shape index (κ2) is 6.24. The first-order valence-corrected chi connectivity index (χ1v) is 6.78. The molecule has 1 atom stereocenters. The Kier molecular flexibility index (Phi) is 4.60. The lowest BCUT2D eigenvalue weighted by Gasteiger charge is -2.29. The molecule has 0 saturated carbocycles. The maximum absolute atomic E-state index is 13.8. The van der Waals surface area contributed by atoms with Crippen LogP contribution in [-0.4, -0.2) is 17.6 Å². The molecule has 0 heterocycles. The molecule has 0 radical (unpaired) electrons. The Balaban J connectivity index is 2.33. The van der Waals surface area contributed by atoms with Crippen molar-refractivity contribution in [3.05, 3.63) is 70.5 Å². The third-order valence-corrected chi connectivity index (χ3v) is 3.62. The molecule has 0 aliphatic carbocycles. The summed E-state index contributed by atoms with van der Waals surface area (Å²) in [7, 11) is 0. The summed E-state index contributed by atoms with van der Waals surface area (Å²) in [5.74, 6) is -1.37. The predicted molar refractivity (Wildman–Crippen MR) is 79.8 cm³/mol. The fourth-order valence-corrected chi connectivity index (χ4v) is 2.29. The molecule has 2 N–H and O–H groups in total. The second-order valence-corrected chi connectivity index (χ2v) is 5.31. The van der Waals surface area contributed by atoms with Crippen LogP contribution in [0, 0.1) is 5.82 Å². The highest BCUT2D eigenvalue weighted by molar-refractivity contribution is 6.33. The Bertz CT molecular complexity index is 628. The van der Waals surface area contributed by atoms with E-state index in [1.807, 2.05) is 6.07 Å². The normalized spacial score (nSPS) is 13.5. The van der Waals surface area contributed by atoms with Crippen molar-refractivity contribution in [1.82, 2.24) is 5.32 Å². The maximum atomic E-state index is 13.8. The lowest BCUT2D eigenvalue weighted by Crippen LogP contribution is -2.46. The molecule has 0 aliphatic rings. The van der Waals surface area contributed by atoms with Gasteiger partial charge in [0.2, 0.25) is 0 Å². The molecule has 0 bridgehead atoms. The third-order valence-electron chi connectivity index (χ3n) is 3.31. The Hall–Kier alpha value is -1.91. The summed E-state index contributed by atoms with van der Waals surface area (Å²) >= 11 is 5.88. The van der Waals surface area contributed by atoms with Gasteiger partial charge in [-0.05, 0) is 24.6 Å². The van der Waals surface area contributed by atoms with Crippen molar-refractivity contribution in [3.63, 3.8) is 0 Å². The van der Waals surface area contributed by atoms with E-state index in [4.69, 9.17) is 11.6 Å². The number of halogens is 2. The van der Waals surface area contributed by atoms with Gasteiger partial charge in [-0.3, -0.25) is 4.79 Å². The Morgan fingerprint density at radius 1 is 1.24 bits per heavy atom. The molecule has 5 heteroatoms. The smallest absolute Gasteiger partial charge is 0.256 e. The molecule has 0 aromatic heterocycles. The van der Waals surface area contributed by atoms with Crippen molar-refractivity contribution in [2.24, 2.45) is 0 Å². The summed E-state index contributed by atoms with van der Waals surface area (Å²) < 4.78 is 13.8. The maximum Gasteiger partial charge on any atom is 0.256 e. The fourth-order valence-electron chi connectivity index (χ4n) is 2.04. The van der Waals surface area contributed by atoms with Gasteiger partial charge >= 0.3 is 0 Å². The van der Waals surface area contributed by atoms with Crippen molar-refractivity contribution in [2.45, 2.75) is 12.5 Å². The van der Waals surface area contributed by atoms with E-state index in [2.05, 4.69) is 5.32 Å². The molecule has 2 rings (SSSR count). The molecule has 21 heavy (non-hydrogen) atoms. The van der Waals surface area contributed by atoms with Crippen molar-refractivity contribution in [1.29, 1.82) is 0 Å². The lowest BCUT2D eigenvalue weighted by molar-refractivity contribution is 0.0845. The minimum Gasteiger partial charge on any atom is -0.394 e. The fraction of sp³-hybridized carbons (Fsp3) is 0.188. The zero-order valence-corrected chi connectivity index (χ0v) is 12.2. The molecule has 0 aliphatic heterocycles. The van der Waals surface area contributed by atoms with E-state index in [9.17, 15) is 14.3 Å². The van der Waals surface area contributed by atoms with Gasteiger partial charge in [0.25, 0.3) is 5.91 Å². The monoisotopic (exact) mass is 307 g/mol. The highest BCUT2D eigenvalue weighted by atomic mass is 35.5. The Morgan fingerprint density at radius 2 is 1.90 bits per heavy atom. The predicted octanol–water partition coefficient (Wildman–Crippen LogP) is 3.12. The molecule has 2 aromatic rings. The first kappa shape index (κ1) is 15.5. The highest BCUT2D eigenvalue weighted by Gasteiger charge is 2.29. The summed E-state index contributed by atoms with van der Waals surface area (Å²) in [5.41, 5.74) is -0.535.